The fraction of sp³-hybridized carbons (Fsp3) is 0.385. The van der Waals surface area contributed by atoms with Gasteiger partial charge < -0.3 is 16.4 Å². The Morgan fingerprint density at radius 3 is 2.53 bits per heavy atom. The highest BCUT2D eigenvalue weighted by Crippen LogP contribution is 2.21. The molecule has 1 aromatic carbocycles. The molecule has 6 heteroatoms. The number of anilines is 1. The maximum atomic E-state index is 11.9. The van der Waals surface area contributed by atoms with E-state index in [-0.39, 0.29) is 29.2 Å². The monoisotopic (exact) mass is 283 g/mol. The summed E-state index contributed by atoms with van der Waals surface area (Å²) in [4.78, 5) is 23.4. The number of benzene rings is 1. The van der Waals surface area contributed by atoms with Crippen molar-refractivity contribution in [3.8, 4) is 0 Å². The number of nitrogens with one attached hydrogen (secondary N) is 2. The number of carbonyl (C=O) groups excluding carboxylic acids is 2. The van der Waals surface area contributed by atoms with E-state index >= 15 is 0 Å². The summed E-state index contributed by atoms with van der Waals surface area (Å²) in [5.41, 5.74) is 5.83. The van der Waals surface area contributed by atoms with E-state index < -0.39 is 5.91 Å². The number of halogens is 1. The highest BCUT2D eigenvalue weighted by atomic mass is 35.5. The summed E-state index contributed by atoms with van der Waals surface area (Å²) in [5.74, 6) is -0.689. The molecule has 0 unspecified atom stereocenters. The van der Waals surface area contributed by atoms with Crippen molar-refractivity contribution in [3.05, 3.63) is 28.8 Å². The summed E-state index contributed by atoms with van der Waals surface area (Å²) < 4.78 is 0. The van der Waals surface area contributed by atoms with Gasteiger partial charge in [0.2, 0.25) is 5.91 Å². The van der Waals surface area contributed by atoms with E-state index in [1.165, 1.54) is 0 Å². The number of rotatable bonds is 3. The van der Waals surface area contributed by atoms with Crippen LogP contribution >= 0.6 is 11.6 Å². The van der Waals surface area contributed by atoms with Crippen molar-refractivity contribution >= 4 is 29.1 Å². The molecule has 0 aromatic heterocycles. The van der Waals surface area contributed by atoms with Gasteiger partial charge in [-0.05, 0) is 32.9 Å². The SMILES string of the molecule is CC(C)(C)NC(=O)CNC(=O)c1cccc(Cl)c1N. The predicted octanol–water partition coefficient (Wildman–Crippen LogP) is 1.57. The Morgan fingerprint density at radius 1 is 1.32 bits per heavy atom. The molecule has 0 saturated carbocycles. The van der Waals surface area contributed by atoms with Crippen molar-refractivity contribution in [1.82, 2.24) is 10.6 Å². The minimum Gasteiger partial charge on any atom is -0.397 e. The average molecular weight is 284 g/mol. The first-order valence-corrected chi connectivity index (χ1v) is 6.21. The van der Waals surface area contributed by atoms with Gasteiger partial charge in [-0.25, -0.2) is 0 Å². The number of nitrogens with two attached hydrogens (primary N) is 1. The van der Waals surface area contributed by atoms with Gasteiger partial charge in [-0.15, -0.1) is 0 Å². The molecule has 0 heterocycles. The van der Waals surface area contributed by atoms with Gasteiger partial charge in [0.15, 0.2) is 0 Å². The van der Waals surface area contributed by atoms with Crippen LogP contribution in [0.1, 0.15) is 31.1 Å². The third-order valence-corrected chi connectivity index (χ3v) is 2.55. The zero-order chi connectivity index (χ0) is 14.6. The largest absolute Gasteiger partial charge is 0.397 e. The summed E-state index contributed by atoms with van der Waals surface area (Å²) in [6, 6.07) is 4.78. The number of nitrogen functional groups attached to an aromatic ring is 1. The van der Waals surface area contributed by atoms with E-state index in [1.54, 1.807) is 18.2 Å². The van der Waals surface area contributed by atoms with Gasteiger partial charge in [-0.1, -0.05) is 17.7 Å². The molecule has 0 saturated heterocycles. The predicted molar refractivity (Wildman–Crippen MR) is 76.1 cm³/mol. The molecule has 104 valence electrons. The lowest BCUT2D eigenvalue weighted by Gasteiger charge is -2.20. The molecule has 0 radical (unpaired) electrons. The lowest BCUT2D eigenvalue weighted by molar-refractivity contribution is -0.121. The Labute approximate surface area is 117 Å². The van der Waals surface area contributed by atoms with E-state index in [2.05, 4.69) is 10.6 Å². The van der Waals surface area contributed by atoms with E-state index in [1.807, 2.05) is 20.8 Å². The highest BCUT2D eigenvalue weighted by Gasteiger charge is 2.16. The molecule has 0 aliphatic carbocycles. The van der Waals surface area contributed by atoms with Crippen molar-refractivity contribution in [3.63, 3.8) is 0 Å². The maximum absolute atomic E-state index is 11.9. The molecule has 2 amide bonds. The fourth-order valence-electron chi connectivity index (χ4n) is 1.45. The third-order valence-electron chi connectivity index (χ3n) is 2.22. The van der Waals surface area contributed by atoms with Crippen LogP contribution in [0.5, 0.6) is 0 Å². The van der Waals surface area contributed by atoms with Crippen LogP contribution in [0.2, 0.25) is 5.02 Å². The number of hydrogen-bond acceptors (Lipinski definition) is 3. The van der Waals surface area contributed by atoms with E-state index in [9.17, 15) is 9.59 Å². The summed E-state index contributed by atoms with van der Waals surface area (Å²) in [6.45, 7) is 5.48. The van der Waals surface area contributed by atoms with Crippen LogP contribution in [-0.4, -0.2) is 23.9 Å². The summed E-state index contributed by atoms with van der Waals surface area (Å²) in [6.07, 6.45) is 0. The molecule has 0 aliphatic heterocycles. The maximum Gasteiger partial charge on any atom is 0.253 e. The van der Waals surface area contributed by atoms with Crippen molar-refractivity contribution < 1.29 is 9.59 Å². The number of carbonyl (C=O) groups is 2. The van der Waals surface area contributed by atoms with Gasteiger partial charge in [-0.2, -0.15) is 0 Å². The molecule has 0 fully saturated rings. The van der Waals surface area contributed by atoms with Crippen molar-refractivity contribution in [1.29, 1.82) is 0 Å². The quantitative estimate of drug-likeness (QED) is 0.736. The topological polar surface area (TPSA) is 84.2 Å². The van der Waals surface area contributed by atoms with Crippen LogP contribution in [0.3, 0.4) is 0 Å². The molecule has 0 atom stereocenters. The molecule has 0 aliphatic rings. The van der Waals surface area contributed by atoms with Gasteiger partial charge in [0.05, 0.1) is 22.8 Å². The van der Waals surface area contributed by atoms with Crippen molar-refractivity contribution in [2.24, 2.45) is 0 Å². The first-order valence-electron chi connectivity index (χ1n) is 5.84. The zero-order valence-corrected chi connectivity index (χ0v) is 12.0. The minimum atomic E-state index is -0.427. The summed E-state index contributed by atoms with van der Waals surface area (Å²) in [5, 5.41) is 5.55. The van der Waals surface area contributed by atoms with Crippen molar-refractivity contribution in [2.45, 2.75) is 26.3 Å². The van der Waals surface area contributed by atoms with Crippen LogP contribution in [0.4, 0.5) is 5.69 Å². The Balaban J connectivity index is 2.61. The fourth-order valence-corrected chi connectivity index (χ4v) is 1.63. The first kappa shape index (κ1) is 15.3. The van der Waals surface area contributed by atoms with Crippen LogP contribution in [0.15, 0.2) is 18.2 Å². The molecule has 19 heavy (non-hydrogen) atoms. The number of para-hydroxylation sites is 1. The average Bonchev–Trinajstić information content (AvgIpc) is 2.27. The van der Waals surface area contributed by atoms with E-state index in [0.29, 0.717) is 5.02 Å². The molecule has 4 N–H and O–H groups in total. The molecule has 1 rings (SSSR count). The van der Waals surface area contributed by atoms with Crippen LogP contribution in [0, 0.1) is 0 Å². The van der Waals surface area contributed by atoms with Gasteiger partial charge in [0, 0.05) is 5.54 Å². The van der Waals surface area contributed by atoms with E-state index in [4.69, 9.17) is 17.3 Å². The Morgan fingerprint density at radius 2 is 1.95 bits per heavy atom. The number of amides is 2. The lowest BCUT2D eigenvalue weighted by Crippen LogP contribution is -2.45. The smallest absolute Gasteiger partial charge is 0.253 e. The second-order valence-corrected chi connectivity index (χ2v) is 5.59. The minimum absolute atomic E-state index is 0.109. The molecule has 0 spiro atoms. The van der Waals surface area contributed by atoms with E-state index in [0.717, 1.165) is 0 Å². The molecular formula is C13H18ClN3O2. The molecular weight excluding hydrogens is 266 g/mol. The van der Waals surface area contributed by atoms with Crippen LogP contribution < -0.4 is 16.4 Å². The number of hydrogen-bond donors (Lipinski definition) is 3. The Hall–Kier alpha value is -1.75. The Bertz CT molecular complexity index is 495. The van der Waals surface area contributed by atoms with Crippen molar-refractivity contribution in [2.75, 3.05) is 12.3 Å². The van der Waals surface area contributed by atoms with Gasteiger partial charge in [-0.3, -0.25) is 9.59 Å². The normalized spacial score (nSPS) is 10.9. The third kappa shape index (κ3) is 4.79. The molecule has 1 aromatic rings. The Kier molecular flexibility index (Phi) is 4.78. The van der Waals surface area contributed by atoms with Gasteiger partial charge in [0.25, 0.3) is 5.91 Å². The summed E-state index contributed by atoms with van der Waals surface area (Å²) >= 11 is 5.82. The summed E-state index contributed by atoms with van der Waals surface area (Å²) in [7, 11) is 0. The first-order chi connectivity index (χ1) is 8.70. The molecule has 5 nitrogen and oxygen atoms in total. The van der Waals surface area contributed by atoms with Crippen LogP contribution in [0.25, 0.3) is 0 Å². The lowest BCUT2D eigenvalue weighted by atomic mass is 10.1. The van der Waals surface area contributed by atoms with Crippen LogP contribution in [-0.2, 0) is 4.79 Å². The second-order valence-electron chi connectivity index (χ2n) is 5.18. The van der Waals surface area contributed by atoms with Gasteiger partial charge in [0.1, 0.15) is 0 Å². The second kappa shape index (κ2) is 5.93. The highest BCUT2D eigenvalue weighted by molar-refractivity contribution is 6.33. The standard InChI is InChI=1S/C13H18ClN3O2/c1-13(2,3)17-10(18)7-16-12(19)8-5-4-6-9(14)11(8)15/h4-6H,7,15H2,1-3H3,(H,16,19)(H,17,18). The van der Waals surface area contributed by atoms with Gasteiger partial charge >= 0.3 is 0 Å². The molecule has 0 bridgehead atoms. The zero-order valence-electron chi connectivity index (χ0n) is 11.2.